The number of nitrogen functional groups attached to an aromatic ring is 1. The smallest absolute Gasteiger partial charge is 0.203 e. The van der Waals surface area contributed by atoms with Gasteiger partial charge in [-0.25, -0.2) is 0 Å². The number of rotatable bonds is 2. The van der Waals surface area contributed by atoms with Crippen molar-refractivity contribution in [3.05, 3.63) is 51.7 Å². The van der Waals surface area contributed by atoms with Gasteiger partial charge in [-0.1, -0.05) is 18.2 Å². The molecule has 2 aromatic rings. The molecule has 0 radical (unpaired) electrons. The molecule has 2 rings (SSSR count). The van der Waals surface area contributed by atoms with Crippen LogP contribution in [0.15, 0.2) is 35.7 Å². The number of anilines is 1. The first-order valence-corrected chi connectivity index (χ1v) is 5.51. The van der Waals surface area contributed by atoms with Crippen molar-refractivity contribution in [1.29, 1.82) is 0 Å². The first kappa shape index (κ1) is 9.93. The van der Waals surface area contributed by atoms with Crippen molar-refractivity contribution in [2.75, 3.05) is 5.73 Å². The third kappa shape index (κ3) is 1.78. The molecule has 0 unspecified atom stereocenters. The summed E-state index contributed by atoms with van der Waals surface area (Å²) in [6, 6.07) is 9.13. The monoisotopic (exact) mass is 217 g/mol. The molecule has 0 fully saturated rings. The summed E-state index contributed by atoms with van der Waals surface area (Å²) in [5.74, 6) is 0.0507. The fourth-order valence-electron chi connectivity index (χ4n) is 1.44. The number of hydrogen-bond acceptors (Lipinski definition) is 3. The summed E-state index contributed by atoms with van der Waals surface area (Å²) in [4.78, 5) is 12.8. The minimum Gasteiger partial charge on any atom is -0.398 e. The van der Waals surface area contributed by atoms with Gasteiger partial charge in [-0.3, -0.25) is 4.79 Å². The fourth-order valence-corrected chi connectivity index (χ4v) is 2.12. The van der Waals surface area contributed by atoms with Crippen molar-refractivity contribution in [1.82, 2.24) is 0 Å². The van der Waals surface area contributed by atoms with Gasteiger partial charge in [-0.15, -0.1) is 11.3 Å². The maximum Gasteiger partial charge on any atom is 0.203 e. The Labute approximate surface area is 92.4 Å². The third-order valence-electron chi connectivity index (χ3n) is 2.37. The fraction of sp³-hybridized carbons (Fsp3) is 0.0833. The molecular weight excluding hydrogens is 206 g/mol. The van der Waals surface area contributed by atoms with Crippen LogP contribution in [0.5, 0.6) is 0 Å². The number of carbonyl (C=O) groups excluding carboxylic acids is 1. The summed E-state index contributed by atoms with van der Waals surface area (Å²) in [5, 5.41) is 1.90. The molecule has 2 N–H and O–H groups in total. The lowest BCUT2D eigenvalue weighted by Gasteiger charge is -2.05. The van der Waals surface area contributed by atoms with Crippen LogP contribution in [0.4, 0.5) is 5.69 Å². The van der Waals surface area contributed by atoms with Gasteiger partial charge in [-0.05, 0) is 30.0 Å². The summed E-state index contributed by atoms with van der Waals surface area (Å²) >= 11 is 1.45. The topological polar surface area (TPSA) is 43.1 Å². The van der Waals surface area contributed by atoms with E-state index in [1.54, 1.807) is 6.07 Å². The van der Waals surface area contributed by atoms with Gasteiger partial charge in [0.25, 0.3) is 0 Å². The van der Waals surface area contributed by atoms with Gasteiger partial charge in [0.05, 0.1) is 4.88 Å². The molecule has 0 aliphatic carbocycles. The third-order valence-corrected chi connectivity index (χ3v) is 3.23. The normalized spacial score (nSPS) is 10.2. The molecule has 1 aromatic carbocycles. The van der Waals surface area contributed by atoms with E-state index in [-0.39, 0.29) is 5.78 Å². The Hall–Kier alpha value is -1.61. The van der Waals surface area contributed by atoms with E-state index in [0.717, 1.165) is 10.4 Å². The lowest BCUT2D eigenvalue weighted by atomic mass is 10.0. The predicted octanol–water partition coefficient (Wildman–Crippen LogP) is 2.87. The maximum atomic E-state index is 12.0. The van der Waals surface area contributed by atoms with Gasteiger partial charge in [0.15, 0.2) is 0 Å². The van der Waals surface area contributed by atoms with Crippen LogP contribution in [0, 0.1) is 6.92 Å². The molecule has 3 heteroatoms. The second-order valence-corrected chi connectivity index (χ2v) is 4.27. The van der Waals surface area contributed by atoms with Crippen LogP contribution in [0.25, 0.3) is 0 Å². The Balaban J connectivity index is 2.47. The van der Waals surface area contributed by atoms with Gasteiger partial charge in [0.2, 0.25) is 5.78 Å². The maximum absolute atomic E-state index is 12.0. The zero-order valence-electron chi connectivity index (χ0n) is 8.36. The quantitative estimate of drug-likeness (QED) is 0.621. The minimum absolute atomic E-state index is 0.0507. The average molecular weight is 217 g/mol. The van der Waals surface area contributed by atoms with Crippen molar-refractivity contribution in [2.45, 2.75) is 6.92 Å². The highest BCUT2D eigenvalue weighted by molar-refractivity contribution is 7.12. The largest absolute Gasteiger partial charge is 0.398 e. The molecule has 76 valence electrons. The number of carbonyl (C=O) groups is 1. The molecule has 0 spiro atoms. The molecule has 0 saturated heterocycles. The summed E-state index contributed by atoms with van der Waals surface area (Å²) in [5.41, 5.74) is 7.98. The van der Waals surface area contributed by atoms with E-state index in [4.69, 9.17) is 5.73 Å². The Morgan fingerprint density at radius 1 is 1.27 bits per heavy atom. The molecule has 0 bridgehead atoms. The highest BCUT2D eigenvalue weighted by atomic mass is 32.1. The van der Waals surface area contributed by atoms with E-state index < -0.39 is 0 Å². The second kappa shape index (κ2) is 3.87. The van der Waals surface area contributed by atoms with Gasteiger partial charge < -0.3 is 5.73 Å². The Bertz CT molecular complexity index is 488. The summed E-state index contributed by atoms with van der Waals surface area (Å²) < 4.78 is 0. The lowest BCUT2D eigenvalue weighted by molar-refractivity contribution is 0.104. The first-order chi connectivity index (χ1) is 7.20. The summed E-state index contributed by atoms with van der Waals surface area (Å²) in [6.45, 7) is 1.87. The Kier molecular flexibility index (Phi) is 2.56. The van der Waals surface area contributed by atoms with E-state index in [9.17, 15) is 4.79 Å². The molecule has 0 aliphatic heterocycles. The van der Waals surface area contributed by atoms with Crippen LogP contribution >= 0.6 is 11.3 Å². The van der Waals surface area contributed by atoms with E-state index in [2.05, 4.69) is 0 Å². The molecule has 0 amide bonds. The number of hydrogen-bond donors (Lipinski definition) is 1. The van der Waals surface area contributed by atoms with Gasteiger partial charge >= 0.3 is 0 Å². The highest BCUT2D eigenvalue weighted by Gasteiger charge is 2.13. The number of nitrogens with two attached hydrogens (primary N) is 1. The molecular formula is C12H11NOS. The highest BCUT2D eigenvalue weighted by Crippen LogP contribution is 2.21. The predicted molar refractivity (Wildman–Crippen MR) is 63.3 cm³/mol. The standard InChI is InChI=1S/C12H11NOS/c1-8-9(4-2-5-10(8)13)12(14)11-6-3-7-15-11/h2-7H,13H2,1H3. The van der Waals surface area contributed by atoms with E-state index >= 15 is 0 Å². The van der Waals surface area contributed by atoms with E-state index in [1.807, 2.05) is 36.6 Å². The number of thiophene rings is 1. The van der Waals surface area contributed by atoms with Crippen molar-refractivity contribution >= 4 is 22.8 Å². The van der Waals surface area contributed by atoms with Crippen LogP contribution in [0.1, 0.15) is 20.8 Å². The number of benzene rings is 1. The molecule has 1 heterocycles. The van der Waals surface area contributed by atoms with E-state index in [1.165, 1.54) is 11.3 Å². The minimum atomic E-state index is 0.0507. The van der Waals surface area contributed by atoms with Crippen LogP contribution in [0.3, 0.4) is 0 Å². The molecule has 0 aliphatic rings. The van der Waals surface area contributed by atoms with Gasteiger partial charge in [0, 0.05) is 11.3 Å². The van der Waals surface area contributed by atoms with Crippen LogP contribution < -0.4 is 5.73 Å². The molecule has 0 saturated carbocycles. The summed E-state index contributed by atoms with van der Waals surface area (Å²) in [7, 11) is 0. The van der Waals surface area contributed by atoms with Crippen molar-refractivity contribution < 1.29 is 4.79 Å². The van der Waals surface area contributed by atoms with Crippen LogP contribution in [0.2, 0.25) is 0 Å². The Morgan fingerprint density at radius 3 is 2.73 bits per heavy atom. The zero-order chi connectivity index (χ0) is 10.8. The van der Waals surface area contributed by atoms with Crippen LogP contribution in [-0.4, -0.2) is 5.78 Å². The van der Waals surface area contributed by atoms with Gasteiger partial charge in [0.1, 0.15) is 0 Å². The first-order valence-electron chi connectivity index (χ1n) is 4.63. The lowest BCUT2D eigenvalue weighted by Crippen LogP contribution is -2.03. The van der Waals surface area contributed by atoms with Gasteiger partial charge in [-0.2, -0.15) is 0 Å². The second-order valence-electron chi connectivity index (χ2n) is 3.33. The van der Waals surface area contributed by atoms with Crippen molar-refractivity contribution in [3.8, 4) is 0 Å². The molecule has 15 heavy (non-hydrogen) atoms. The number of ketones is 1. The average Bonchev–Trinajstić information content (AvgIpc) is 2.74. The van der Waals surface area contributed by atoms with Crippen molar-refractivity contribution in [3.63, 3.8) is 0 Å². The summed E-state index contributed by atoms with van der Waals surface area (Å²) in [6.07, 6.45) is 0. The van der Waals surface area contributed by atoms with Crippen LogP contribution in [-0.2, 0) is 0 Å². The Morgan fingerprint density at radius 2 is 2.07 bits per heavy atom. The van der Waals surface area contributed by atoms with E-state index in [0.29, 0.717) is 11.3 Å². The molecule has 0 atom stereocenters. The molecule has 1 aromatic heterocycles. The van der Waals surface area contributed by atoms with Crippen molar-refractivity contribution in [2.24, 2.45) is 0 Å². The molecule has 2 nitrogen and oxygen atoms in total. The zero-order valence-corrected chi connectivity index (χ0v) is 9.17. The SMILES string of the molecule is Cc1c(N)cccc1C(=O)c1cccs1.